The van der Waals surface area contributed by atoms with Crippen LogP contribution in [0.1, 0.15) is 62.3 Å². The molecule has 0 aliphatic carbocycles. The minimum absolute atomic E-state index is 0.234. The maximum absolute atomic E-state index is 12.9. The first-order valence-electron chi connectivity index (χ1n) is 8.08. The van der Waals surface area contributed by atoms with Gasteiger partial charge in [-0.15, -0.1) is 5.06 Å². The molecule has 0 radical (unpaired) electrons. The summed E-state index contributed by atoms with van der Waals surface area (Å²) < 4.78 is 28.9. The molecule has 0 aromatic heterocycles. The third-order valence-electron chi connectivity index (χ3n) is 2.92. The predicted molar refractivity (Wildman–Crippen MR) is 93.3 cm³/mol. The number of hydrogen-bond acceptors (Lipinski definition) is 7. The molecule has 2 rings (SSSR count). The van der Waals surface area contributed by atoms with Crippen molar-refractivity contribution in [3.63, 3.8) is 0 Å². The number of fused-ring (bicyclic) bond motifs is 1. The molecule has 26 heavy (non-hydrogen) atoms. The van der Waals surface area contributed by atoms with Crippen molar-refractivity contribution in [3.8, 4) is 0 Å². The van der Waals surface area contributed by atoms with Crippen LogP contribution in [0.15, 0.2) is 24.3 Å². The molecule has 0 unspecified atom stereocenters. The summed E-state index contributed by atoms with van der Waals surface area (Å²) in [6.07, 6.45) is 0. The van der Waals surface area contributed by atoms with Crippen molar-refractivity contribution in [3.05, 3.63) is 35.4 Å². The fourth-order valence-electron chi connectivity index (χ4n) is 2.17. The summed E-state index contributed by atoms with van der Waals surface area (Å²) in [6, 6.07) is 6.34. The van der Waals surface area contributed by atoms with Crippen LogP contribution in [0.25, 0.3) is 0 Å². The third kappa shape index (κ3) is 5.22. The standard InChI is InChI=1S/C17H24NO7P/c1-16(2,3)24-26(21,25-17(4,5)6)23-11-22-18-14(19)12-9-7-8-10-13(12)15(18)20/h7-10H,11H2,1-6H3. The lowest BCUT2D eigenvalue weighted by Crippen LogP contribution is -2.31. The van der Waals surface area contributed by atoms with Gasteiger partial charge in [0.05, 0.1) is 22.3 Å². The lowest BCUT2D eigenvalue weighted by atomic mass is 10.1. The first-order valence-corrected chi connectivity index (χ1v) is 9.54. The molecule has 0 fully saturated rings. The molecule has 0 N–H and O–H groups in total. The number of imide groups is 1. The van der Waals surface area contributed by atoms with Crippen LogP contribution in [0.2, 0.25) is 0 Å². The molecule has 0 bridgehead atoms. The Hall–Kier alpha value is -1.57. The molecule has 2 amide bonds. The second-order valence-corrected chi connectivity index (χ2v) is 9.20. The minimum atomic E-state index is -4.01. The largest absolute Gasteiger partial charge is 0.478 e. The zero-order valence-electron chi connectivity index (χ0n) is 15.8. The lowest BCUT2D eigenvalue weighted by Gasteiger charge is -2.30. The van der Waals surface area contributed by atoms with E-state index in [1.165, 1.54) is 12.1 Å². The Balaban J connectivity index is 2.05. The summed E-state index contributed by atoms with van der Waals surface area (Å²) in [5.41, 5.74) is -1.15. The van der Waals surface area contributed by atoms with Crippen molar-refractivity contribution in [2.75, 3.05) is 6.79 Å². The second-order valence-electron chi connectivity index (χ2n) is 7.68. The molecule has 1 heterocycles. The molecule has 0 saturated heterocycles. The van der Waals surface area contributed by atoms with Crippen LogP contribution in [0.5, 0.6) is 0 Å². The van der Waals surface area contributed by atoms with Gasteiger partial charge in [-0.3, -0.25) is 23.2 Å². The molecule has 0 saturated carbocycles. The van der Waals surface area contributed by atoms with Gasteiger partial charge >= 0.3 is 7.82 Å². The number of phosphoric acid groups is 1. The van der Waals surface area contributed by atoms with Gasteiger partial charge in [-0.2, -0.15) is 0 Å². The minimum Gasteiger partial charge on any atom is -0.281 e. The molecule has 1 aromatic rings. The van der Waals surface area contributed by atoms with E-state index < -0.39 is 37.6 Å². The van der Waals surface area contributed by atoms with E-state index in [1.807, 2.05) is 0 Å². The highest BCUT2D eigenvalue weighted by atomic mass is 31.2. The van der Waals surface area contributed by atoms with E-state index in [0.29, 0.717) is 5.06 Å². The van der Waals surface area contributed by atoms with Gasteiger partial charge in [-0.1, -0.05) is 12.1 Å². The van der Waals surface area contributed by atoms with Crippen molar-refractivity contribution < 1.29 is 32.6 Å². The Morgan fingerprint density at radius 2 is 1.31 bits per heavy atom. The average molecular weight is 385 g/mol. The van der Waals surface area contributed by atoms with Gasteiger partial charge in [-0.05, 0) is 53.7 Å². The van der Waals surface area contributed by atoms with E-state index in [1.54, 1.807) is 53.7 Å². The van der Waals surface area contributed by atoms with Crippen molar-refractivity contribution in [1.82, 2.24) is 5.06 Å². The maximum atomic E-state index is 12.9. The van der Waals surface area contributed by atoms with Gasteiger partial charge in [0.15, 0.2) is 6.79 Å². The highest BCUT2D eigenvalue weighted by molar-refractivity contribution is 7.48. The summed E-state index contributed by atoms with van der Waals surface area (Å²) in [4.78, 5) is 29.5. The third-order valence-corrected chi connectivity index (χ3v) is 4.89. The van der Waals surface area contributed by atoms with Gasteiger partial charge in [0.25, 0.3) is 11.8 Å². The number of hydroxylamine groups is 2. The lowest BCUT2D eigenvalue weighted by molar-refractivity contribution is -0.152. The smallest absolute Gasteiger partial charge is 0.281 e. The number of rotatable bonds is 6. The Labute approximate surface area is 152 Å². The quantitative estimate of drug-likeness (QED) is 0.416. The number of hydrogen-bond donors (Lipinski definition) is 0. The molecule has 8 nitrogen and oxygen atoms in total. The zero-order valence-corrected chi connectivity index (χ0v) is 16.7. The van der Waals surface area contributed by atoms with Gasteiger partial charge < -0.3 is 0 Å². The number of carbonyl (C=O) groups excluding carboxylic acids is 2. The predicted octanol–water partition coefficient (Wildman–Crippen LogP) is 3.93. The highest BCUT2D eigenvalue weighted by Crippen LogP contribution is 2.55. The molecule has 0 spiro atoms. The molecular weight excluding hydrogens is 361 g/mol. The van der Waals surface area contributed by atoms with Crippen LogP contribution in [0.3, 0.4) is 0 Å². The van der Waals surface area contributed by atoms with Crippen molar-refractivity contribution in [2.45, 2.75) is 52.7 Å². The highest BCUT2D eigenvalue weighted by Gasteiger charge is 2.40. The van der Waals surface area contributed by atoms with Crippen LogP contribution in [-0.4, -0.2) is 34.9 Å². The van der Waals surface area contributed by atoms with Crippen LogP contribution in [0.4, 0.5) is 0 Å². The number of amides is 2. The topological polar surface area (TPSA) is 91.4 Å². The first-order chi connectivity index (χ1) is 11.8. The van der Waals surface area contributed by atoms with E-state index in [9.17, 15) is 14.2 Å². The molecule has 1 aliphatic heterocycles. The van der Waals surface area contributed by atoms with Gasteiger partial charge in [0.1, 0.15) is 0 Å². The van der Waals surface area contributed by atoms with Crippen LogP contribution >= 0.6 is 7.82 Å². The van der Waals surface area contributed by atoms with Crippen molar-refractivity contribution >= 4 is 19.6 Å². The Morgan fingerprint density at radius 3 is 1.69 bits per heavy atom. The van der Waals surface area contributed by atoms with Crippen LogP contribution in [0, 0.1) is 0 Å². The Bertz CT molecular complexity index is 693. The fourth-order valence-corrected chi connectivity index (χ4v) is 3.83. The summed E-state index contributed by atoms with van der Waals surface area (Å²) in [7, 11) is -4.01. The van der Waals surface area contributed by atoms with E-state index in [-0.39, 0.29) is 11.1 Å². The van der Waals surface area contributed by atoms with E-state index >= 15 is 0 Å². The molecule has 0 atom stereocenters. The SMILES string of the molecule is CC(C)(C)OP(=O)(OCON1C(=O)c2ccccc2C1=O)OC(C)(C)C. The fraction of sp³-hybridized carbons (Fsp3) is 0.529. The monoisotopic (exact) mass is 385 g/mol. The van der Waals surface area contributed by atoms with E-state index in [0.717, 1.165) is 0 Å². The van der Waals surface area contributed by atoms with Gasteiger partial charge in [0.2, 0.25) is 0 Å². The number of carbonyl (C=O) groups is 2. The van der Waals surface area contributed by atoms with Gasteiger partial charge in [0, 0.05) is 0 Å². The number of benzene rings is 1. The molecule has 9 heteroatoms. The van der Waals surface area contributed by atoms with Crippen LogP contribution in [-0.2, 0) is 23.0 Å². The molecule has 1 aliphatic rings. The summed E-state index contributed by atoms with van der Waals surface area (Å²) in [5.74, 6) is -1.23. The molecular formula is C17H24NO7P. The molecule has 1 aromatic carbocycles. The zero-order chi connectivity index (χ0) is 19.8. The van der Waals surface area contributed by atoms with E-state index in [2.05, 4.69) is 0 Å². The van der Waals surface area contributed by atoms with Gasteiger partial charge in [-0.25, -0.2) is 9.40 Å². The summed E-state index contributed by atoms with van der Waals surface area (Å²) >= 11 is 0. The van der Waals surface area contributed by atoms with Crippen molar-refractivity contribution in [1.29, 1.82) is 0 Å². The summed E-state index contributed by atoms with van der Waals surface area (Å²) in [5, 5.41) is 0.573. The number of phosphoric ester groups is 1. The normalized spacial score (nSPS) is 15.5. The van der Waals surface area contributed by atoms with E-state index in [4.69, 9.17) is 18.4 Å². The Morgan fingerprint density at radius 1 is 0.885 bits per heavy atom. The Kier molecular flexibility index (Phi) is 5.75. The van der Waals surface area contributed by atoms with Crippen molar-refractivity contribution in [2.24, 2.45) is 0 Å². The van der Waals surface area contributed by atoms with Crippen LogP contribution < -0.4 is 0 Å². The first kappa shape index (κ1) is 20.7. The summed E-state index contributed by atoms with van der Waals surface area (Å²) in [6.45, 7) is 9.51. The molecule has 144 valence electrons. The maximum Gasteiger partial charge on any atom is 0.478 e. The number of nitrogens with zero attached hydrogens (tertiary/aromatic N) is 1. The average Bonchev–Trinajstić information content (AvgIpc) is 2.68. The second kappa shape index (κ2) is 7.21.